The van der Waals surface area contributed by atoms with E-state index in [0.29, 0.717) is 5.92 Å². The highest BCUT2D eigenvalue weighted by Crippen LogP contribution is 2.32. The average Bonchev–Trinajstić information content (AvgIpc) is 3.50. The van der Waals surface area contributed by atoms with Gasteiger partial charge in [-0.15, -0.1) is 21.5 Å². The Balaban J connectivity index is 1.27. The predicted molar refractivity (Wildman–Crippen MR) is 122 cm³/mol. The molecule has 0 spiro atoms. The zero-order chi connectivity index (χ0) is 21.2. The summed E-state index contributed by atoms with van der Waals surface area (Å²) in [6, 6.07) is 6.15. The fraction of sp³-hybridized carbons (Fsp3) is 0.565. The Bertz CT molecular complexity index is 1000. The van der Waals surface area contributed by atoms with Crippen molar-refractivity contribution in [1.82, 2.24) is 24.5 Å². The van der Waals surface area contributed by atoms with Crippen LogP contribution in [0.25, 0.3) is 5.65 Å². The number of nitrogens with zero attached hydrogens (tertiary/aromatic N) is 6. The molecular formula is C23H30N6OS. The minimum atomic E-state index is -0.137. The minimum Gasteiger partial charge on any atom is -0.292 e. The highest BCUT2D eigenvalue weighted by atomic mass is 32.1. The van der Waals surface area contributed by atoms with E-state index in [1.807, 2.05) is 40.9 Å². The third-order valence-corrected chi connectivity index (χ3v) is 7.71. The van der Waals surface area contributed by atoms with Crippen LogP contribution in [0, 0.1) is 0 Å². The van der Waals surface area contributed by atoms with Crippen LogP contribution in [-0.2, 0) is 4.79 Å². The molecule has 0 N–H and O–H groups in total. The van der Waals surface area contributed by atoms with Crippen LogP contribution >= 0.6 is 11.3 Å². The summed E-state index contributed by atoms with van der Waals surface area (Å²) < 4.78 is 2.10. The molecule has 3 aromatic heterocycles. The molecule has 8 heteroatoms. The summed E-state index contributed by atoms with van der Waals surface area (Å²) in [4.78, 5) is 22.5. The molecule has 1 atom stereocenters. The van der Waals surface area contributed by atoms with Crippen molar-refractivity contribution >= 4 is 28.0 Å². The molecule has 1 saturated heterocycles. The highest BCUT2D eigenvalue weighted by molar-refractivity contribution is 7.13. The molecule has 2 fully saturated rings. The van der Waals surface area contributed by atoms with Crippen molar-refractivity contribution in [2.75, 3.05) is 18.0 Å². The van der Waals surface area contributed by atoms with Crippen LogP contribution < -0.4 is 4.90 Å². The SMILES string of the molecule is CC(C(=O)N(c1nccs1)C1CCCCC1)N1CCC(c2nnc3ccccn23)CC1. The lowest BCUT2D eigenvalue weighted by molar-refractivity contribution is -0.124. The molecule has 1 amide bonds. The van der Waals surface area contributed by atoms with E-state index in [2.05, 4.69) is 31.4 Å². The molecule has 0 bridgehead atoms. The van der Waals surface area contributed by atoms with E-state index in [9.17, 15) is 4.79 Å². The van der Waals surface area contributed by atoms with E-state index in [4.69, 9.17) is 0 Å². The maximum Gasteiger partial charge on any atom is 0.246 e. The van der Waals surface area contributed by atoms with Gasteiger partial charge in [0, 0.05) is 29.7 Å². The van der Waals surface area contributed by atoms with E-state index >= 15 is 0 Å². The molecule has 1 unspecified atom stereocenters. The van der Waals surface area contributed by atoms with Gasteiger partial charge in [0.25, 0.3) is 0 Å². The Kier molecular flexibility index (Phi) is 6.00. The van der Waals surface area contributed by atoms with Crippen LogP contribution in [0.15, 0.2) is 36.0 Å². The smallest absolute Gasteiger partial charge is 0.246 e. The summed E-state index contributed by atoms with van der Waals surface area (Å²) in [6.07, 6.45) is 11.7. The summed E-state index contributed by atoms with van der Waals surface area (Å²) in [5, 5.41) is 11.6. The normalized spacial score (nSPS) is 20.2. The van der Waals surface area contributed by atoms with Gasteiger partial charge in [-0.2, -0.15) is 0 Å². The maximum absolute atomic E-state index is 13.6. The van der Waals surface area contributed by atoms with E-state index in [-0.39, 0.29) is 18.0 Å². The minimum absolute atomic E-state index is 0.137. The average molecular weight is 439 g/mol. The lowest BCUT2D eigenvalue weighted by atomic mass is 9.93. The lowest BCUT2D eigenvalue weighted by Crippen LogP contribution is -2.53. The molecule has 7 nitrogen and oxygen atoms in total. The number of aromatic nitrogens is 4. The van der Waals surface area contributed by atoms with E-state index in [1.165, 1.54) is 19.3 Å². The van der Waals surface area contributed by atoms with E-state index < -0.39 is 0 Å². The van der Waals surface area contributed by atoms with Crippen LogP contribution in [0.4, 0.5) is 5.13 Å². The first-order chi connectivity index (χ1) is 15.2. The molecule has 0 radical (unpaired) electrons. The third kappa shape index (κ3) is 4.11. The zero-order valence-electron chi connectivity index (χ0n) is 18.1. The summed E-state index contributed by atoms with van der Waals surface area (Å²) in [6.45, 7) is 3.87. The summed E-state index contributed by atoms with van der Waals surface area (Å²) in [5.41, 5.74) is 0.898. The molecule has 3 aromatic rings. The number of thiazole rings is 1. The molecule has 1 aliphatic carbocycles. The van der Waals surface area contributed by atoms with Gasteiger partial charge in [0.2, 0.25) is 5.91 Å². The standard InChI is InChI=1S/C23H30N6OS/c1-17(22(30)29(23-24-12-16-31-23)19-7-3-2-4-8-19)27-14-10-18(11-15-27)21-26-25-20-9-5-6-13-28(20)21/h5-6,9,12-13,16-19H,2-4,7-8,10-11,14-15H2,1H3. The van der Waals surface area contributed by atoms with Crippen molar-refractivity contribution in [2.24, 2.45) is 0 Å². The first-order valence-corrected chi connectivity index (χ1v) is 12.4. The molecule has 164 valence electrons. The molecule has 31 heavy (non-hydrogen) atoms. The second-order valence-electron chi connectivity index (χ2n) is 8.79. The Morgan fingerprint density at radius 2 is 1.94 bits per heavy atom. The van der Waals surface area contributed by atoms with E-state index in [0.717, 1.165) is 55.4 Å². The van der Waals surface area contributed by atoms with E-state index in [1.54, 1.807) is 11.3 Å². The lowest BCUT2D eigenvalue weighted by Gasteiger charge is -2.39. The highest BCUT2D eigenvalue weighted by Gasteiger charge is 2.35. The van der Waals surface area contributed by atoms with Crippen molar-refractivity contribution in [1.29, 1.82) is 0 Å². The van der Waals surface area contributed by atoms with Gasteiger partial charge in [0.15, 0.2) is 10.8 Å². The fourth-order valence-electron chi connectivity index (χ4n) is 5.15. The number of hydrogen-bond acceptors (Lipinski definition) is 6. The number of amides is 1. The Morgan fingerprint density at radius 1 is 1.13 bits per heavy atom. The van der Waals surface area contributed by atoms with Gasteiger partial charge in [0.1, 0.15) is 5.82 Å². The van der Waals surface area contributed by atoms with Crippen LogP contribution in [0.3, 0.4) is 0 Å². The monoisotopic (exact) mass is 438 g/mol. The third-order valence-electron chi connectivity index (χ3n) is 6.94. The van der Waals surface area contributed by atoms with Crippen molar-refractivity contribution in [2.45, 2.75) is 69.9 Å². The van der Waals surface area contributed by atoms with Crippen LogP contribution in [-0.4, -0.2) is 55.6 Å². The quantitative estimate of drug-likeness (QED) is 0.599. The molecule has 1 aliphatic heterocycles. The van der Waals surface area contributed by atoms with Gasteiger partial charge in [-0.1, -0.05) is 25.3 Å². The van der Waals surface area contributed by atoms with Gasteiger partial charge >= 0.3 is 0 Å². The largest absolute Gasteiger partial charge is 0.292 e. The van der Waals surface area contributed by atoms with Crippen molar-refractivity contribution < 1.29 is 4.79 Å². The maximum atomic E-state index is 13.6. The number of fused-ring (bicyclic) bond motifs is 1. The number of piperidine rings is 1. The van der Waals surface area contributed by atoms with Crippen molar-refractivity contribution in [3.8, 4) is 0 Å². The number of hydrogen-bond donors (Lipinski definition) is 0. The Morgan fingerprint density at radius 3 is 2.68 bits per heavy atom. The molecular weight excluding hydrogens is 408 g/mol. The number of carbonyl (C=O) groups excluding carboxylic acids is 1. The zero-order valence-corrected chi connectivity index (χ0v) is 18.9. The van der Waals surface area contributed by atoms with Crippen molar-refractivity contribution in [3.63, 3.8) is 0 Å². The summed E-state index contributed by atoms with van der Waals surface area (Å²) >= 11 is 1.57. The molecule has 5 rings (SSSR count). The second kappa shape index (κ2) is 9.04. The number of likely N-dealkylation sites (tertiary alicyclic amines) is 1. The Hall–Kier alpha value is -2.32. The number of rotatable bonds is 5. The number of carbonyl (C=O) groups is 1. The van der Waals surface area contributed by atoms with Crippen molar-refractivity contribution in [3.05, 3.63) is 41.8 Å². The van der Waals surface area contributed by atoms with Gasteiger partial charge in [-0.05, 0) is 57.8 Å². The molecule has 0 aromatic carbocycles. The van der Waals surface area contributed by atoms with Crippen LogP contribution in [0.5, 0.6) is 0 Å². The first kappa shape index (κ1) is 20.6. The summed E-state index contributed by atoms with van der Waals surface area (Å²) in [7, 11) is 0. The fourth-order valence-corrected chi connectivity index (χ4v) is 5.86. The van der Waals surface area contributed by atoms with Gasteiger partial charge in [-0.3, -0.25) is 19.0 Å². The molecule has 1 saturated carbocycles. The number of anilines is 1. The predicted octanol–water partition coefficient (Wildman–Crippen LogP) is 4.12. The van der Waals surface area contributed by atoms with Crippen LogP contribution in [0.1, 0.15) is 63.6 Å². The van der Waals surface area contributed by atoms with Crippen LogP contribution in [0.2, 0.25) is 0 Å². The van der Waals surface area contributed by atoms with Gasteiger partial charge in [-0.25, -0.2) is 4.98 Å². The first-order valence-electron chi connectivity index (χ1n) is 11.5. The number of pyridine rings is 1. The second-order valence-corrected chi connectivity index (χ2v) is 9.66. The molecule has 4 heterocycles. The molecule has 2 aliphatic rings. The summed E-state index contributed by atoms with van der Waals surface area (Å²) in [5.74, 6) is 1.62. The Labute approximate surface area is 187 Å². The van der Waals surface area contributed by atoms with Gasteiger partial charge in [0.05, 0.1) is 6.04 Å². The van der Waals surface area contributed by atoms with Gasteiger partial charge < -0.3 is 0 Å². The topological polar surface area (TPSA) is 66.6 Å².